The quantitative estimate of drug-likeness (QED) is 0.316. The number of rotatable bonds is 7. The molecule has 1 unspecified atom stereocenters. The lowest BCUT2D eigenvalue weighted by Gasteiger charge is -2.17. The predicted molar refractivity (Wildman–Crippen MR) is 124 cm³/mol. The predicted octanol–water partition coefficient (Wildman–Crippen LogP) is 4.16. The number of esters is 1. The summed E-state index contributed by atoms with van der Waals surface area (Å²) in [4.78, 5) is 29.5. The van der Waals surface area contributed by atoms with E-state index in [9.17, 15) is 18.0 Å². The summed E-state index contributed by atoms with van der Waals surface area (Å²) >= 11 is 0. The molecule has 0 radical (unpaired) electrons. The Balaban J connectivity index is 1.70. The number of aromatic nitrogens is 1. The van der Waals surface area contributed by atoms with Gasteiger partial charge < -0.3 is 9.72 Å². The van der Waals surface area contributed by atoms with Gasteiger partial charge in [0.2, 0.25) is 15.8 Å². The van der Waals surface area contributed by atoms with E-state index in [-0.39, 0.29) is 16.2 Å². The van der Waals surface area contributed by atoms with Crippen molar-refractivity contribution in [2.45, 2.75) is 24.3 Å². The first-order valence-corrected chi connectivity index (χ1v) is 11.9. The third kappa shape index (κ3) is 4.57. The molecule has 7 nitrogen and oxygen atoms in total. The van der Waals surface area contributed by atoms with Gasteiger partial charge in [-0.1, -0.05) is 55.5 Å². The van der Waals surface area contributed by atoms with Crippen LogP contribution in [0.25, 0.3) is 10.9 Å². The van der Waals surface area contributed by atoms with Gasteiger partial charge in [-0.2, -0.15) is 0 Å². The Morgan fingerprint density at radius 1 is 0.970 bits per heavy atom. The lowest BCUT2D eigenvalue weighted by Crippen LogP contribution is -2.20. The number of aryl methyl sites for hydroxylation is 1. The van der Waals surface area contributed by atoms with E-state index in [2.05, 4.69) is 4.98 Å². The highest BCUT2D eigenvalue weighted by Gasteiger charge is 2.29. The van der Waals surface area contributed by atoms with Crippen molar-refractivity contribution in [2.24, 2.45) is 5.14 Å². The molecule has 4 aromatic rings. The van der Waals surface area contributed by atoms with Gasteiger partial charge in [-0.05, 0) is 36.2 Å². The Bertz CT molecular complexity index is 1420. The van der Waals surface area contributed by atoms with E-state index in [1.807, 2.05) is 25.1 Å². The van der Waals surface area contributed by atoms with Gasteiger partial charge in [0.15, 0.2) is 6.10 Å². The number of para-hydroxylation sites is 1. The number of carbonyl (C=O) groups excluding carboxylic acids is 2. The van der Waals surface area contributed by atoms with Crippen LogP contribution in [0, 0.1) is 0 Å². The molecule has 8 heteroatoms. The number of H-pyrrole nitrogens is 1. The molecule has 0 saturated carbocycles. The standard InChI is InChI=1S/C25H22N2O5S/c1-2-16-9-6-10-20-21(15-27-22(16)20)23(28)24(17-7-4-3-5-8-17)32-25(29)18-11-13-19(14-12-18)33(26,30)31/h3-15,24,27H,2H2,1H3,(H2,26,30,31). The third-order valence-electron chi connectivity index (χ3n) is 5.43. The number of aromatic amines is 1. The van der Waals surface area contributed by atoms with Crippen molar-refractivity contribution in [3.63, 3.8) is 0 Å². The second-order valence-electron chi connectivity index (χ2n) is 7.53. The number of hydrogen-bond donors (Lipinski definition) is 2. The lowest BCUT2D eigenvalue weighted by molar-refractivity contribution is 0.0280. The van der Waals surface area contributed by atoms with Gasteiger partial charge in [-0.15, -0.1) is 0 Å². The molecule has 0 spiro atoms. The summed E-state index contributed by atoms with van der Waals surface area (Å²) in [7, 11) is -3.89. The lowest BCUT2D eigenvalue weighted by atomic mass is 9.98. The molecule has 1 aromatic heterocycles. The Hall–Kier alpha value is -3.75. The molecule has 3 N–H and O–H groups in total. The van der Waals surface area contributed by atoms with Crippen molar-refractivity contribution in [3.8, 4) is 0 Å². The summed E-state index contributed by atoms with van der Waals surface area (Å²) in [6, 6.07) is 19.5. The Morgan fingerprint density at radius 3 is 2.30 bits per heavy atom. The van der Waals surface area contributed by atoms with E-state index in [4.69, 9.17) is 9.88 Å². The van der Waals surface area contributed by atoms with Crippen LogP contribution in [-0.4, -0.2) is 25.2 Å². The molecule has 3 aromatic carbocycles. The second kappa shape index (κ2) is 9.01. The van der Waals surface area contributed by atoms with Crippen LogP contribution in [0.5, 0.6) is 0 Å². The first-order chi connectivity index (χ1) is 15.8. The number of carbonyl (C=O) groups is 2. The van der Waals surface area contributed by atoms with Crippen molar-refractivity contribution >= 4 is 32.7 Å². The average molecular weight is 463 g/mol. The van der Waals surface area contributed by atoms with Gasteiger partial charge in [0, 0.05) is 28.2 Å². The van der Waals surface area contributed by atoms with Gasteiger partial charge in [0.1, 0.15) is 0 Å². The van der Waals surface area contributed by atoms with Crippen LogP contribution >= 0.6 is 0 Å². The second-order valence-corrected chi connectivity index (χ2v) is 9.09. The van der Waals surface area contributed by atoms with Crippen LogP contribution in [0.3, 0.4) is 0 Å². The molecule has 4 rings (SSSR count). The molecule has 0 aliphatic heterocycles. The zero-order chi connectivity index (χ0) is 23.6. The highest BCUT2D eigenvalue weighted by molar-refractivity contribution is 7.89. The van der Waals surface area contributed by atoms with Crippen molar-refractivity contribution in [1.29, 1.82) is 0 Å². The van der Waals surface area contributed by atoms with E-state index in [0.29, 0.717) is 11.1 Å². The molecule has 0 amide bonds. The summed E-state index contributed by atoms with van der Waals surface area (Å²) in [5.74, 6) is -1.12. The Labute approximate surface area is 191 Å². The summed E-state index contributed by atoms with van der Waals surface area (Å²) in [6.07, 6.45) is 1.26. The molecule has 168 valence electrons. The van der Waals surface area contributed by atoms with Crippen LogP contribution in [0.2, 0.25) is 0 Å². The largest absolute Gasteiger partial charge is 0.445 e. The SMILES string of the molecule is CCc1cccc2c(C(=O)C(OC(=O)c3ccc(S(N)(=O)=O)cc3)c3ccccc3)c[nH]c12. The van der Waals surface area contributed by atoms with Crippen LogP contribution < -0.4 is 5.14 Å². The number of hydrogen-bond acceptors (Lipinski definition) is 5. The number of Topliss-reactive ketones (excluding diaryl/α,β-unsaturated/α-hetero) is 1. The monoisotopic (exact) mass is 462 g/mol. The Kier molecular flexibility index (Phi) is 6.13. The fourth-order valence-electron chi connectivity index (χ4n) is 3.71. The van der Waals surface area contributed by atoms with E-state index in [1.165, 1.54) is 24.3 Å². The first-order valence-electron chi connectivity index (χ1n) is 10.3. The fourth-order valence-corrected chi connectivity index (χ4v) is 4.23. The number of primary sulfonamides is 1. The van der Waals surface area contributed by atoms with Crippen LogP contribution in [0.4, 0.5) is 0 Å². The number of sulfonamides is 1. The highest BCUT2D eigenvalue weighted by atomic mass is 32.2. The van der Waals surface area contributed by atoms with Crippen molar-refractivity contribution in [1.82, 2.24) is 4.98 Å². The number of nitrogens with one attached hydrogen (secondary N) is 1. The summed E-state index contributed by atoms with van der Waals surface area (Å²) in [6.45, 7) is 2.03. The maximum Gasteiger partial charge on any atom is 0.339 e. The molecular weight excluding hydrogens is 440 g/mol. The molecule has 0 saturated heterocycles. The van der Waals surface area contributed by atoms with Crippen LogP contribution in [0.15, 0.2) is 83.9 Å². The number of nitrogens with two attached hydrogens (primary N) is 1. The smallest absolute Gasteiger partial charge is 0.339 e. The number of fused-ring (bicyclic) bond motifs is 1. The molecule has 1 heterocycles. The molecule has 0 bridgehead atoms. The minimum Gasteiger partial charge on any atom is -0.445 e. The maximum absolute atomic E-state index is 13.6. The minimum atomic E-state index is -3.89. The van der Waals surface area contributed by atoms with E-state index in [0.717, 1.165) is 22.9 Å². The summed E-state index contributed by atoms with van der Waals surface area (Å²) in [5, 5.41) is 5.87. The molecular formula is C25H22N2O5S. The average Bonchev–Trinajstić information content (AvgIpc) is 3.26. The molecule has 0 aliphatic carbocycles. The van der Waals surface area contributed by atoms with Gasteiger partial charge >= 0.3 is 5.97 Å². The first kappa shape index (κ1) is 22.4. The van der Waals surface area contributed by atoms with Crippen molar-refractivity contribution in [2.75, 3.05) is 0 Å². The Morgan fingerprint density at radius 2 is 1.67 bits per heavy atom. The molecule has 1 atom stereocenters. The number of ether oxygens (including phenoxy) is 1. The van der Waals surface area contributed by atoms with Crippen LogP contribution in [0.1, 0.15) is 44.9 Å². The third-order valence-corrected chi connectivity index (χ3v) is 6.36. The van der Waals surface area contributed by atoms with E-state index >= 15 is 0 Å². The summed E-state index contributed by atoms with van der Waals surface area (Å²) < 4.78 is 28.6. The zero-order valence-electron chi connectivity index (χ0n) is 17.8. The van der Waals surface area contributed by atoms with Gasteiger partial charge in [-0.3, -0.25) is 4.79 Å². The minimum absolute atomic E-state index is 0.100. The van der Waals surface area contributed by atoms with E-state index in [1.54, 1.807) is 36.5 Å². The zero-order valence-corrected chi connectivity index (χ0v) is 18.6. The van der Waals surface area contributed by atoms with Crippen molar-refractivity contribution in [3.05, 3.63) is 101 Å². The van der Waals surface area contributed by atoms with Gasteiger partial charge in [0.05, 0.1) is 10.5 Å². The number of benzene rings is 3. The van der Waals surface area contributed by atoms with E-state index < -0.39 is 22.1 Å². The fraction of sp³-hybridized carbons (Fsp3) is 0.120. The number of ketones is 1. The normalized spacial score (nSPS) is 12.4. The van der Waals surface area contributed by atoms with Crippen molar-refractivity contribution < 1.29 is 22.7 Å². The van der Waals surface area contributed by atoms with Gasteiger partial charge in [0.25, 0.3) is 0 Å². The van der Waals surface area contributed by atoms with Crippen LogP contribution in [-0.2, 0) is 21.2 Å². The van der Waals surface area contributed by atoms with Gasteiger partial charge in [-0.25, -0.2) is 18.4 Å². The maximum atomic E-state index is 13.6. The summed E-state index contributed by atoms with van der Waals surface area (Å²) in [5.41, 5.74) is 3.00. The highest BCUT2D eigenvalue weighted by Crippen LogP contribution is 2.29. The topological polar surface area (TPSA) is 119 Å². The molecule has 0 fully saturated rings. The molecule has 33 heavy (non-hydrogen) atoms. The molecule has 0 aliphatic rings.